The van der Waals surface area contributed by atoms with Crippen molar-refractivity contribution in [1.29, 1.82) is 0 Å². The number of amides is 1. The van der Waals surface area contributed by atoms with Gasteiger partial charge in [0, 0.05) is 38.2 Å². The number of hydrogen-bond donors (Lipinski definition) is 0. The zero-order valence-electron chi connectivity index (χ0n) is 18.3. The van der Waals surface area contributed by atoms with Gasteiger partial charge < -0.3 is 23.4 Å². The van der Waals surface area contributed by atoms with Crippen LogP contribution >= 0.6 is 0 Å². The van der Waals surface area contributed by atoms with E-state index in [4.69, 9.17) is 13.9 Å². The predicted molar refractivity (Wildman–Crippen MR) is 110 cm³/mol. The fourth-order valence-electron chi connectivity index (χ4n) is 4.24. The molecule has 5 rings (SSSR count). The first-order valence-electron chi connectivity index (χ1n) is 10.8. The van der Waals surface area contributed by atoms with Crippen molar-refractivity contribution < 1.29 is 31.9 Å². The summed E-state index contributed by atoms with van der Waals surface area (Å²) >= 11 is 0. The molecule has 0 saturated carbocycles. The van der Waals surface area contributed by atoms with E-state index in [1.807, 2.05) is 4.57 Å². The minimum absolute atomic E-state index is 0.0186. The summed E-state index contributed by atoms with van der Waals surface area (Å²) in [5, 5.41) is 8.28. The van der Waals surface area contributed by atoms with Crippen molar-refractivity contribution in [1.82, 2.24) is 24.6 Å². The second-order valence-electron chi connectivity index (χ2n) is 8.24. The Morgan fingerprint density at radius 2 is 2.09 bits per heavy atom. The van der Waals surface area contributed by atoms with E-state index < -0.39 is 23.8 Å². The highest BCUT2D eigenvalue weighted by Gasteiger charge is 2.34. The molecule has 180 valence electrons. The summed E-state index contributed by atoms with van der Waals surface area (Å²) in [6, 6.07) is 4.16. The summed E-state index contributed by atoms with van der Waals surface area (Å²) in [5.74, 6) is 0.887. The number of nitrogens with zero attached hydrogens (tertiary/aromatic N) is 5. The van der Waals surface area contributed by atoms with E-state index in [-0.39, 0.29) is 17.5 Å². The Morgan fingerprint density at radius 1 is 1.24 bits per heavy atom. The quantitative estimate of drug-likeness (QED) is 0.568. The molecule has 0 unspecified atom stereocenters. The van der Waals surface area contributed by atoms with Gasteiger partial charge in [-0.25, -0.2) is 4.98 Å². The molecule has 2 aliphatic rings. The molecule has 1 aromatic carbocycles. The number of carbonyl (C=O) groups is 1. The summed E-state index contributed by atoms with van der Waals surface area (Å²) in [4.78, 5) is 18.7. The number of alkyl halides is 3. The minimum atomic E-state index is -4.52. The highest BCUT2D eigenvalue weighted by atomic mass is 19.4. The molecule has 0 spiro atoms. The molecule has 1 saturated heterocycles. The van der Waals surface area contributed by atoms with E-state index in [2.05, 4.69) is 15.2 Å². The van der Waals surface area contributed by atoms with Crippen molar-refractivity contribution in [3.05, 3.63) is 53.3 Å². The van der Waals surface area contributed by atoms with Gasteiger partial charge >= 0.3 is 6.18 Å². The molecule has 2 atom stereocenters. The van der Waals surface area contributed by atoms with Crippen molar-refractivity contribution in [3.63, 3.8) is 0 Å². The van der Waals surface area contributed by atoms with Crippen LogP contribution in [0.15, 0.2) is 34.9 Å². The molecule has 9 nitrogen and oxygen atoms in total. The Bertz CT molecular complexity index is 1190. The van der Waals surface area contributed by atoms with Crippen molar-refractivity contribution in [2.45, 2.75) is 44.3 Å². The first-order chi connectivity index (χ1) is 16.3. The molecule has 1 fully saturated rings. The van der Waals surface area contributed by atoms with Crippen molar-refractivity contribution in [2.24, 2.45) is 0 Å². The molecule has 1 amide bonds. The molecule has 0 bridgehead atoms. The fraction of sp³-hybridized carbons (Fsp3) is 0.455. The lowest BCUT2D eigenvalue weighted by Crippen LogP contribution is -2.41. The molecule has 3 aromatic rings. The Kier molecular flexibility index (Phi) is 5.86. The molecule has 12 heteroatoms. The van der Waals surface area contributed by atoms with Crippen molar-refractivity contribution >= 4 is 5.91 Å². The van der Waals surface area contributed by atoms with E-state index >= 15 is 0 Å². The Balaban J connectivity index is 1.30. The summed E-state index contributed by atoms with van der Waals surface area (Å²) in [6.45, 7) is 1.96. The number of aromatic nitrogens is 4. The topological polar surface area (TPSA) is 95.5 Å². The summed E-state index contributed by atoms with van der Waals surface area (Å²) < 4.78 is 58.2. The minimum Gasteiger partial charge on any atom is -0.416 e. The third-order valence-corrected chi connectivity index (χ3v) is 6.12. The molecule has 2 aromatic heterocycles. The number of benzene rings is 1. The molecule has 2 aliphatic heterocycles. The monoisotopic (exact) mass is 477 g/mol. The first-order valence-corrected chi connectivity index (χ1v) is 10.8. The van der Waals surface area contributed by atoms with Crippen LogP contribution in [0.3, 0.4) is 0 Å². The number of carbonyl (C=O) groups excluding carboxylic acids is 1. The van der Waals surface area contributed by atoms with Gasteiger partial charge in [0.1, 0.15) is 24.2 Å². The Hall–Kier alpha value is -3.25. The van der Waals surface area contributed by atoms with Crippen molar-refractivity contribution in [3.8, 4) is 11.6 Å². The second kappa shape index (κ2) is 8.84. The SMILES string of the molecule is CN(C(=O)c1cccc(C(F)(F)F)c1)[C@@H]1CCO[C@H](c2nnc(-c3cnc4n3CCOC4)o2)C1. The standard InChI is InChI=1S/C22H22F3N5O4/c1-29(21(31)13-3-2-4-14(9-13)22(23,24)25)15-5-7-33-17(10-15)20-28-27-19(34-20)16-11-26-18-12-32-8-6-30(16)18/h2-4,9,11,15,17H,5-8,10,12H2,1H3/t15-,17+/m1/s1. The number of rotatable bonds is 4. The highest BCUT2D eigenvalue weighted by molar-refractivity contribution is 5.94. The third kappa shape index (κ3) is 4.30. The molecule has 0 N–H and O–H groups in total. The van der Waals surface area contributed by atoms with E-state index in [0.717, 1.165) is 18.0 Å². The number of halogens is 3. The van der Waals surface area contributed by atoms with Crippen LogP contribution in [-0.4, -0.2) is 56.9 Å². The van der Waals surface area contributed by atoms with Crippen LogP contribution in [0.5, 0.6) is 0 Å². The summed E-state index contributed by atoms with van der Waals surface area (Å²) in [6.07, 6.45) is -2.48. The van der Waals surface area contributed by atoms with E-state index in [1.54, 1.807) is 13.2 Å². The lowest BCUT2D eigenvalue weighted by atomic mass is 10.0. The number of fused-ring (bicyclic) bond motifs is 1. The Morgan fingerprint density at radius 3 is 2.91 bits per heavy atom. The lowest BCUT2D eigenvalue weighted by molar-refractivity contribution is -0.137. The average molecular weight is 477 g/mol. The van der Waals surface area contributed by atoms with Gasteiger partial charge in [-0.05, 0) is 24.6 Å². The van der Waals surface area contributed by atoms with Crippen LogP contribution in [0.4, 0.5) is 13.2 Å². The smallest absolute Gasteiger partial charge is 0.416 e. The van der Waals surface area contributed by atoms with Gasteiger partial charge in [-0.3, -0.25) is 4.79 Å². The zero-order chi connectivity index (χ0) is 23.9. The largest absolute Gasteiger partial charge is 0.416 e. The molecular weight excluding hydrogens is 455 g/mol. The van der Waals surface area contributed by atoms with Crippen LogP contribution in [0, 0.1) is 0 Å². The summed E-state index contributed by atoms with van der Waals surface area (Å²) in [5.41, 5.74) is -0.181. The third-order valence-electron chi connectivity index (χ3n) is 6.12. The van der Waals surface area contributed by atoms with Gasteiger partial charge in [-0.1, -0.05) is 6.07 Å². The summed E-state index contributed by atoms with van der Waals surface area (Å²) in [7, 11) is 1.58. The normalized spacial score (nSPS) is 20.7. The molecule has 0 aliphatic carbocycles. The van der Waals surface area contributed by atoms with Crippen LogP contribution < -0.4 is 0 Å². The first kappa shape index (κ1) is 22.5. The lowest BCUT2D eigenvalue weighted by Gasteiger charge is -2.34. The van der Waals surface area contributed by atoms with Gasteiger partial charge in [0.25, 0.3) is 11.8 Å². The van der Waals surface area contributed by atoms with Crippen LogP contribution in [-0.2, 0) is 28.8 Å². The van der Waals surface area contributed by atoms with Crippen molar-refractivity contribution in [2.75, 3.05) is 20.3 Å². The van der Waals surface area contributed by atoms with E-state index in [0.29, 0.717) is 50.8 Å². The van der Waals surface area contributed by atoms with Gasteiger partial charge in [0.15, 0.2) is 0 Å². The number of imidazole rings is 1. The fourth-order valence-corrected chi connectivity index (χ4v) is 4.24. The maximum Gasteiger partial charge on any atom is 0.416 e. The number of hydrogen-bond acceptors (Lipinski definition) is 7. The highest BCUT2D eigenvalue weighted by Crippen LogP contribution is 2.33. The van der Waals surface area contributed by atoms with Crippen LogP contribution in [0.2, 0.25) is 0 Å². The number of ether oxygens (including phenoxy) is 2. The van der Waals surface area contributed by atoms with Gasteiger partial charge in [0.05, 0.1) is 18.4 Å². The van der Waals surface area contributed by atoms with Gasteiger partial charge in [-0.2, -0.15) is 13.2 Å². The Labute approximate surface area is 192 Å². The molecule has 34 heavy (non-hydrogen) atoms. The average Bonchev–Trinajstić information content (AvgIpc) is 3.50. The van der Waals surface area contributed by atoms with Crippen LogP contribution in [0.25, 0.3) is 11.6 Å². The van der Waals surface area contributed by atoms with E-state index in [9.17, 15) is 18.0 Å². The van der Waals surface area contributed by atoms with Gasteiger partial charge in [0.2, 0.25) is 5.89 Å². The maximum atomic E-state index is 13.0. The molecular formula is C22H22F3N5O4. The molecule has 0 radical (unpaired) electrons. The molecule has 4 heterocycles. The second-order valence-corrected chi connectivity index (χ2v) is 8.24. The van der Waals surface area contributed by atoms with E-state index in [1.165, 1.54) is 17.0 Å². The zero-order valence-corrected chi connectivity index (χ0v) is 18.3. The van der Waals surface area contributed by atoms with Gasteiger partial charge in [-0.15, -0.1) is 10.2 Å². The maximum absolute atomic E-state index is 13.0. The van der Waals surface area contributed by atoms with Crippen LogP contribution in [0.1, 0.15) is 46.6 Å². The predicted octanol–water partition coefficient (Wildman–Crippen LogP) is 3.47.